The molecule has 0 aromatic heterocycles. The molecule has 0 spiro atoms. The molecule has 1 aromatic carbocycles. The number of carbonyl (C=O) groups is 3. The monoisotopic (exact) mass is 420 g/mol. The third-order valence-corrected chi connectivity index (χ3v) is 5.35. The number of benzene rings is 1. The van der Waals surface area contributed by atoms with Crippen LogP contribution in [0.5, 0.6) is 5.75 Å². The number of ether oxygens (including phenoxy) is 1. The molecule has 0 bridgehead atoms. The summed E-state index contributed by atoms with van der Waals surface area (Å²) >= 11 is 3.38. The molecule has 3 rings (SSSR count). The zero-order valence-corrected chi connectivity index (χ0v) is 16.3. The first kappa shape index (κ1) is 18.6. The van der Waals surface area contributed by atoms with Gasteiger partial charge in [0, 0.05) is 6.54 Å². The predicted octanol–water partition coefficient (Wildman–Crippen LogP) is 3.64. The molecule has 0 atom stereocenters. The second-order valence-corrected chi connectivity index (χ2v) is 7.31. The van der Waals surface area contributed by atoms with Gasteiger partial charge in [0.2, 0.25) is 0 Å². The third-order valence-electron chi connectivity index (χ3n) is 4.73. The van der Waals surface area contributed by atoms with E-state index in [2.05, 4.69) is 22.0 Å². The van der Waals surface area contributed by atoms with Gasteiger partial charge in [0.1, 0.15) is 5.75 Å². The molecule has 4 amide bonds. The maximum Gasteiger partial charge on any atom is 0.334 e. The molecule has 26 heavy (non-hydrogen) atoms. The number of methoxy groups -OCH3 is 1. The molecule has 6 nitrogen and oxygen atoms in total. The van der Waals surface area contributed by atoms with Crippen molar-refractivity contribution >= 4 is 33.8 Å². The van der Waals surface area contributed by atoms with Crippen molar-refractivity contribution in [2.24, 2.45) is 0 Å². The first-order valence-electron chi connectivity index (χ1n) is 8.69. The number of rotatable bonds is 6. The van der Waals surface area contributed by atoms with Gasteiger partial charge in [-0.25, -0.2) is 4.79 Å². The van der Waals surface area contributed by atoms with Gasteiger partial charge >= 0.3 is 17.8 Å². The topological polar surface area (TPSA) is 66.9 Å². The molecule has 0 N–H and O–H groups in total. The van der Waals surface area contributed by atoms with Gasteiger partial charge in [-0.3, -0.25) is 19.4 Å². The molecular weight excluding hydrogens is 400 g/mol. The minimum Gasteiger partial charge on any atom is -0.496 e. The molecule has 1 saturated heterocycles. The molecule has 0 radical (unpaired) electrons. The highest BCUT2D eigenvalue weighted by Crippen LogP contribution is 2.27. The van der Waals surface area contributed by atoms with Crippen molar-refractivity contribution in [2.45, 2.75) is 38.6 Å². The van der Waals surface area contributed by atoms with Crippen LogP contribution in [-0.2, 0) is 16.1 Å². The third kappa shape index (κ3) is 3.82. The van der Waals surface area contributed by atoms with Gasteiger partial charge in [0.25, 0.3) is 0 Å². The smallest absolute Gasteiger partial charge is 0.334 e. The van der Waals surface area contributed by atoms with Gasteiger partial charge in [0.05, 0.1) is 18.1 Å². The second-order valence-electron chi connectivity index (χ2n) is 6.46. The van der Waals surface area contributed by atoms with Gasteiger partial charge in [-0.05, 0) is 65.7 Å². The highest BCUT2D eigenvalue weighted by molar-refractivity contribution is 9.10. The minimum atomic E-state index is -0.764. The van der Waals surface area contributed by atoms with Crippen LogP contribution in [0.25, 0.3) is 0 Å². The van der Waals surface area contributed by atoms with Gasteiger partial charge in [-0.15, -0.1) is 0 Å². The summed E-state index contributed by atoms with van der Waals surface area (Å²) in [5.41, 5.74) is 2.01. The zero-order valence-electron chi connectivity index (χ0n) is 14.7. The van der Waals surface area contributed by atoms with E-state index in [4.69, 9.17) is 4.74 Å². The number of nitrogens with zero attached hydrogens (tertiary/aromatic N) is 2. The quantitative estimate of drug-likeness (QED) is 0.400. The Balaban J connectivity index is 1.68. The van der Waals surface area contributed by atoms with Crippen LogP contribution in [0.15, 0.2) is 34.3 Å². The largest absolute Gasteiger partial charge is 0.496 e. The Morgan fingerprint density at radius 3 is 2.54 bits per heavy atom. The van der Waals surface area contributed by atoms with E-state index in [9.17, 15) is 14.4 Å². The normalized spacial score (nSPS) is 17.8. The van der Waals surface area contributed by atoms with Crippen LogP contribution in [0.1, 0.15) is 37.7 Å². The molecule has 1 aliphatic heterocycles. The number of urea groups is 1. The van der Waals surface area contributed by atoms with Crippen molar-refractivity contribution in [2.75, 3.05) is 13.7 Å². The van der Waals surface area contributed by atoms with Crippen LogP contribution in [0.3, 0.4) is 0 Å². The molecule has 0 unspecified atom stereocenters. The molecule has 1 heterocycles. The molecular formula is C19H21BrN2O4. The number of hydrogen-bond acceptors (Lipinski definition) is 4. The summed E-state index contributed by atoms with van der Waals surface area (Å²) in [6.45, 7) is 0.323. The molecule has 0 saturated carbocycles. The predicted molar refractivity (Wildman–Crippen MR) is 99.5 cm³/mol. The first-order valence-corrected chi connectivity index (χ1v) is 9.48. The van der Waals surface area contributed by atoms with E-state index >= 15 is 0 Å². The highest BCUT2D eigenvalue weighted by Gasteiger charge is 2.44. The Kier molecular flexibility index (Phi) is 5.76. The summed E-state index contributed by atoms with van der Waals surface area (Å²) in [6.07, 6.45) is 7.22. The SMILES string of the molecule is COc1ccc(CN2C(=O)C(=O)N(CCC3=CCCCC3)C2=O)cc1Br. The van der Waals surface area contributed by atoms with E-state index in [1.807, 2.05) is 0 Å². The lowest BCUT2D eigenvalue weighted by Crippen LogP contribution is -2.34. The summed E-state index contributed by atoms with van der Waals surface area (Å²) in [7, 11) is 1.56. The van der Waals surface area contributed by atoms with Crippen molar-refractivity contribution < 1.29 is 19.1 Å². The first-order chi connectivity index (χ1) is 12.5. The van der Waals surface area contributed by atoms with Gasteiger partial charge in [-0.2, -0.15) is 0 Å². The molecule has 1 aromatic rings. The lowest BCUT2D eigenvalue weighted by molar-refractivity contribution is -0.143. The van der Waals surface area contributed by atoms with Crippen molar-refractivity contribution in [3.8, 4) is 5.75 Å². The number of allylic oxidation sites excluding steroid dienone is 1. The van der Waals surface area contributed by atoms with Crippen LogP contribution in [-0.4, -0.2) is 41.3 Å². The van der Waals surface area contributed by atoms with Crippen LogP contribution < -0.4 is 4.74 Å². The summed E-state index contributed by atoms with van der Waals surface area (Å²) in [4.78, 5) is 39.1. The summed E-state index contributed by atoms with van der Waals surface area (Å²) < 4.78 is 5.90. The maximum absolute atomic E-state index is 12.6. The number of imide groups is 2. The molecule has 1 fully saturated rings. The average molecular weight is 421 g/mol. The van der Waals surface area contributed by atoms with Crippen LogP contribution in [0.4, 0.5) is 4.79 Å². The van der Waals surface area contributed by atoms with Crippen molar-refractivity contribution in [3.05, 3.63) is 39.9 Å². The van der Waals surface area contributed by atoms with E-state index in [1.54, 1.807) is 25.3 Å². The highest BCUT2D eigenvalue weighted by atomic mass is 79.9. The molecule has 1 aliphatic carbocycles. The maximum atomic E-state index is 12.6. The Hall–Kier alpha value is -2.15. The second kappa shape index (κ2) is 8.03. The fourth-order valence-corrected chi connectivity index (χ4v) is 3.85. The minimum absolute atomic E-state index is 0.0607. The Morgan fingerprint density at radius 1 is 1.12 bits per heavy atom. The van der Waals surface area contributed by atoms with Crippen molar-refractivity contribution in [1.29, 1.82) is 0 Å². The van der Waals surface area contributed by atoms with Gasteiger partial charge in [-0.1, -0.05) is 17.7 Å². The summed E-state index contributed by atoms with van der Waals surface area (Å²) in [5, 5.41) is 0. The average Bonchev–Trinajstić information content (AvgIpc) is 2.84. The Morgan fingerprint density at radius 2 is 1.88 bits per heavy atom. The lowest BCUT2D eigenvalue weighted by Gasteiger charge is -2.18. The summed E-state index contributed by atoms with van der Waals surface area (Å²) in [5.74, 6) is -0.843. The molecule has 7 heteroatoms. The van der Waals surface area contributed by atoms with E-state index in [0.717, 1.165) is 39.1 Å². The number of hydrogen-bond donors (Lipinski definition) is 0. The zero-order chi connectivity index (χ0) is 18.7. The number of halogens is 1. The Bertz CT molecular complexity index is 775. The van der Waals surface area contributed by atoms with Crippen molar-refractivity contribution in [3.63, 3.8) is 0 Å². The van der Waals surface area contributed by atoms with Crippen LogP contribution >= 0.6 is 15.9 Å². The van der Waals surface area contributed by atoms with E-state index in [0.29, 0.717) is 12.2 Å². The van der Waals surface area contributed by atoms with Gasteiger partial charge in [0.15, 0.2) is 0 Å². The van der Waals surface area contributed by atoms with Crippen LogP contribution in [0.2, 0.25) is 0 Å². The van der Waals surface area contributed by atoms with E-state index < -0.39 is 17.8 Å². The molecule has 138 valence electrons. The number of carbonyl (C=O) groups excluding carboxylic acids is 3. The fraction of sp³-hybridized carbons (Fsp3) is 0.421. The van der Waals surface area contributed by atoms with E-state index in [-0.39, 0.29) is 13.1 Å². The van der Waals surface area contributed by atoms with E-state index in [1.165, 1.54) is 12.0 Å². The Labute approximate surface area is 160 Å². The van der Waals surface area contributed by atoms with Gasteiger partial charge < -0.3 is 4.74 Å². The van der Waals surface area contributed by atoms with Crippen molar-refractivity contribution in [1.82, 2.24) is 9.80 Å². The lowest BCUT2D eigenvalue weighted by atomic mass is 9.97. The van der Waals surface area contributed by atoms with Crippen LogP contribution in [0, 0.1) is 0 Å². The standard InChI is InChI=1S/C19H21BrN2O4/c1-26-16-8-7-14(11-15(16)20)12-22-18(24)17(23)21(19(22)25)10-9-13-5-3-2-4-6-13/h5,7-8,11H,2-4,6,9-10,12H2,1H3. The number of amides is 4. The summed E-state index contributed by atoms with van der Waals surface area (Å²) in [6, 6.07) is 4.76. The fourth-order valence-electron chi connectivity index (χ4n) is 3.26. The molecule has 2 aliphatic rings.